The summed E-state index contributed by atoms with van der Waals surface area (Å²) in [6.45, 7) is 3.58. The molecule has 2 unspecified atom stereocenters. The number of hydrogen-bond acceptors (Lipinski definition) is 3. The number of benzene rings is 1. The van der Waals surface area contributed by atoms with Gasteiger partial charge in [0.25, 0.3) is 0 Å². The zero-order valence-electron chi connectivity index (χ0n) is 12.5. The van der Waals surface area contributed by atoms with Gasteiger partial charge in [-0.3, -0.25) is 10.2 Å². The minimum absolute atomic E-state index is 0.187. The van der Waals surface area contributed by atoms with E-state index in [2.05, 4.69) is 24.5 Å². The van der Waals surface area contributed by atoms with E-state index in [0.717, 1.165) is 30.6 Å². The lowest BCUT2D eigenvalue weighted by Gasteiger charge is -2.25. The first-order valence-electron chi connectivity index (χ1n) is 7.49. The SMILES string of the molecule is CC1CC=CCC1COCc1ccccc1CC(=O)NN. The molecule has 1 aromatic carbocycles. The summed E-state index contributed by atoms with van der Waals surface area (Å²) >= 11 is 0. The summed E-state index contributed by atoms with van der Waals surface area (Å²) in [5.74, 6) is 6.23. The highest BCUT2D eigenvalue weighted by Gasteiger charge is 2.18. The quantitative estimate of drug-likeness (QED) is 0.365. The minimum Gasteiger partial charge on any atom is -0.376 e. The van der Waals surface area contributed by atoms with Gasteiger partial charge in [0.1, 0.15) is 0 Å². The van der Waals surface area contributed by atoms with Crippen molar-refractivity contribution in [2.75, 3.05) is 6.61 Å². The van der Waals surface area contributed by atoms with Gasteiger partial charge in [-0.1, -0.05) is 43.3 Å². The highest BCUT2D eigenvalue weighted by atomic mass is 16.5. The van der Waals surface area contributed by atoms with Crippen molar-refractivity contribution in [1.82, 2.24) is 5.43 Å². The van der Waals surface area contributed by atoms with Crippen molar-refractivity contribution >= 4 is 5.91 Å². The molecule has 0 fully saturated rings. The number of carbonyl (C=O) groups excluding carboxylic acids is 1. The van der Waals surface area contributed by atoms with E-state index in [1.165, 1.54) is 0 Å². The standard InChI is InChI=1S/C17H24N2O2/c1-13-6-2-3-8-15(13)11-21-12-16-9-5-4-7-14(16)10-17(20)19-18/h2-5,7,9,13,15H,6,8,10-12,18H2,1H3,(H,19,20). The molecule has 2 atom stereocenters. The summed E-state index contributed by atoms with van der Waals surface area (Å²) in [5.41, 5.74) is 4.19. The number of allylic oxidation sites excluding steroid dienone is 2. The number of hydrazine groups is 1. The lowest BCUT2D eigenvalue weighted by Crippen LogP contribution is -2.31. The fourth-order valence-electron chi connectivity index (χ4n) is 2.65. The van der Waals surface area contributed by atoms with Crippen LogP contribution in [0, 0.1) is 11.8 Å². The third-order valence-corrected chi connectivity index (χ3v) is 4.14. The maximum absolute atomic E-state index is 11.4. The molecule has 0 spiro atoms. The Bertz CT molecular complexity index is 499. The number of ether oxygens (including phenoxy) is 1. The summed E-state index contributed by atoms with van der Waals surface area (Å²) in [7, 11) is 0. The van der Waals surface area contributed by atoms with Crippen LogP contribution in [0.4, 0.5) is 0 Å². The highest BCUT2D eigenvalue weighted by Crippen LogP contribution is 2.25. The lowest BCUT2D eigenvalue weighted by atomic mass is 9.85. The van der Waals surface area contributed by atoms with Crippen LogP contribution >= 0.6 is 0 Å². The Hall–Kier alpha value is -1.65. The normalized spacial score (nSPS) is 21.2. The van der Waals surface area contributed by atoms with Crippen molar-refractivity contribution in [2.45, 2.75) is 32.8 Å². The van der Waals surface area contributed by atoms with Crippen molar-refractivity contribution in [3.63, 3.8) is 0 Å². The van der Waals surface area contributed by atoms with Crippen molar-refractivity contribution in [1.29, 1.82) is 0 Å². The Kier molecular flexibility index (Phi) is 5.96. The monoisotopic (exact) mass is 288 g/mol. The van der Waals surface area contributed by atoms with Gasteiger partial charge in [-0.05, 0) is 35.8 Å². The number of hydrogen-bond donors (Lipinski definition) is 2. The molecule has 0 aliphatic heterocycles. The van der Waals surface area contributed by atoms with E-state index in [9.17, 15) is 4.79 Å². The molecule has 1 amide bonds. The van der Waals surface area contributed by atoms with E-state index in [-0.39, 0.29) is 5.91 Å². The van der Waals surface area contributed by atoms with Crippen LogP contribution in [-0.4, -0.2) is 12.5 Å². The van der Waals surface area contributed by atoms with Gasteiger partial charge in [-0.15, -0.1) is 0 Å². The van der Waals surface area contributed by atoms with Gasteiger partial charge in [0.2, 0.25) is 5.91 Å². The number of nitrogens with one attached hydrogen (secondary N) is 1. The zero-order chi connectivity index (χ0) is 15.1. The molecule has 1 aliphatic carbocycles. The number of rotatable bonds is 6. The highest BCUT2D eigenvalue weighted by molar-refractivity contribution is 5.78. The van der Waals surface area contributed by atoms with Crippen LogP contribution < -0.4 is 11.3 Å². The van der Waals surface area contributed by atoms with E-state index in [1.54, 1.807) is 0 Å². The molecule has 0 heterocycles. The predicted molar refractivity (Wildman–Crippen MR) is 83.2 cm³/mol. The first-order chi connectivity index (χ1) is 10.2. The zero-order valence-corrected chi connectivity index (χ0v) is 12.5. The first kappa shape index (κ1) is 15.7. The molecule has 3 N–H and O–H groups in total. The summed E-state index contributed by atoms with van der Waals surface area (Å²) in [6, 6.07) is 7.84. The third-order valence-electron chi connectivity index (χ3n) is 4.14. The largest absolute Gasteiger partial charge is 0.376 e. The van der Waals surface area contributed by atoms with E-state index in [4.69, 9.17) is 10.6 Å². The molecule has 0 saturated heterocycles. The second-order valence-electron chi connectivity index (χ2n) is 5.71. The Morgan fingerprint density at radius 1 is 1.29 bits per heavy atom. The Morgan fingerprint density at radius 3 is 2.71 bits per heavy atom. The Morgan fingerprint density at radius 2 is 2.00 bits per heavy atom. The van der Waals surface area contributed by atoms with Crippen molar-refractivity contribution in [2.24, 2.45) is 17.7 Å². The van der Waals surface area contributed by atoms with Gasteiger partial charge < -0.3 is 4.74 Å². The van der Waals surface area contributed by atoms with Crippen molar-refractivity contribution in [3.8, 4) is 0 Å². The van der Waals surface area contributed by atoms with Gasteiger partial charge in [0.15, 0.2) is 0 Å². The number of nitrogens with two attached hydrogens (primary N) is 1. The molecule has 0 bridgehead atoms. The minimum atomic E-state index is -0.187. The van der Waals surface area contributed by atoms with E-state index in [0.29, 0.717) is 24.9 Å². The van der Waals surface area contributed by atoms with Crippen LogP contribution in [0.5, 0.6) is 0 Å². The molecule has 1 aromatic rings. The van der Waals surface area contributed by atoms with E-state index < -0.39 is 0 Å². The Labute approximate surface area is 126 Å². The van der Waals surface area contributed by atoms with Crippen LogP contribution in [0.3, 0.4) is 0 Å². The molecule has 0 aromatic heterocycles. The van der Waals surface area contributed by atoms with E-state index in [1.807, 2.05) is 24.3 Å². The molecule has 4 nitrogen and oxygen atoms in total. The molecule has 114 valence electrons. The molecular weight excluding hydrogens is 264 g/mol. The fraction of sp³-hybridized carbons (Fsp3) is 0.471. The number of carbonyl (C=O) groups is 1. The maximum atomic E-state index is 11.4. The van der Waals surface area contributed by atoms with Gasteiger partial charge in [-0.2, -0.15) is 0 Å². The number of amides is 1. The fourth-order valence-corrected chi connectivity index (χ4v) is 2.65. The van der Waals surface area contributed by atoms with Crippen LogP contribution in [0.2, 0.25) is 0 Å². The Balaban J connectivity index is 1.88. The topological polar surface area (TPSA) is 64.3 Å². The third kappa shape index (κ3) is 4.69. The predicted octanol–water partition coefficient (Wildman–Crippen LogP) is 2.34. The van der Waals surface area contributed by atoms with Crippen molar-refractivity contribution < 1.29 is 9.53 Å². The first-order valence-corrected chi connectivity index (χ1v) is 7.49. The van der Waals surface area contributed by atoms with Crippen LogP contribution in [0.15, 0.2) is 36.4 Å². The summed E-state index contributed by atoms with van der Waals surface area (Å²) < 4.78 is 5.89. The molecular formula is C17H24N2O2. The molecule has 0 saturated carbocycles. The van der Waals surface area contributed by atoms with Gasteiger partial charge in [0.05, 0.1) is 19.6 Å². The summed E-state index contributed by atoms with van der Waals surface area (Å²) in [5, 5.41) is 0. The maximum Gasteiger partial charge on any atom is 0.238 e. The van der Waals surface area contributed by atoms with Gasteiger partial charge >= 0.3 is 0 Å². The van der Waals surface area contributed by atoms with E-state index >= 15 is 0 Å². The van der Waals surface area contributed by atoms with Crippen LogP contribution in [0.25, 0.3) is 0 Å². The molecule has 4 heteroatoms. The average Bonchev–Trinajstić information content (AvgIpc) is 2.50. The second-order valence-corrected chi connectivity index (χ2v) is 5.71. The van der Waals surface area contributed by atoms with Gasteiger partial charge in [-0.25, -0.2) is 5.84 Å². The van der Waals surface area contributed by atoms with Gasteiger partial charge in [0, 0.05) is 0 Å². The lowest BCUT2D eigenvalue weighted by molar-refractivity contribution is -0.120. The second kappa shape index (κ2) is 7.96. The molecule has 2 rings (SSSR count). The molecule has 21 heavy (non-hydrogen) atoms. The van der Waals surface area contributed by atoms with Crippen LogP contribution in [0.1, 0.15) is 30.9 Å². The van der Waals surface area contributed by atoms with Crippen molar-refractivity contribution in [3.05, 3.63) is 47.5 Å². The van der Waals surface area contributed by atoms with Crippen LogP contribution in [-0.2, 0) is 22.6 Å². The smallest absolute Gasteiger partial charge is 0.238 e. The molecule has 1 aliphatic rings. The average molecular weight is 288 g/mol. The summed E-state index contributed by atoms with van der Waals surface area (Å²) in [4.78, 5) is 11.4. The molecule has 0 radical (unpaired) electrons. The summed E-state index contributed by atoms with van der Waals surface area (Å²) in [6.07, 6.45) is 7.02.